The Balaban J connectivity index is 1.70. The molecule has 1 fully saturated rings. The minimum Gasteiger partial charge on any atom is -0.349 e. The minimum atomic E-state index is -3.33. The summed E-state index contributed by atoms with van der Waals surface area (Å²) in [6.07, 6.45) is 1.22. The van der Waals surface area contributed by atoms with Gasteiger partial charge in [-0.05, 0) is 52.7 Å². The lowest BCUT2D eigenvalue weighted by Crippen LogP contribution is -2.50. The van der Waals surface area contributed by atoms with E-state index in [4.69, 9.17) is 0 Å². The molecule has 0 radical (unpaired) electrons. The van der Waals surface area contributed by atoms with Crippen LogP contribution in [0.15, 0.2) is 30.3 Å². The SMILES string of the molecule is Cc1ccc2cccc(C(=O)NC3CCN(S(=O)(=O)C(C)(C)C)CC3)c2n1. The monoisotopic (exact) mass is 389 g/mol. The van der Waals surface area contributed by atoms with Gasteiger partial charge in [-0.2, -0.15) is 0 Å². The van der Waals surface area contributed by atoms with E-state index >= 15 is 0 Å². The van der Waals surface area contributed by atoms with Crippen molar-refractivity contribution in [2.45, 2.75) is 51.3 Å². The van der Waals surface area contributed by atoms with E-state index in [0.717, 1.165) is 11.1 Å². The molecule has 2 heterocycles. The van der Waals surface area contributed by atoms with Crippen LogP contribution >= 0.6 is 0 Å². The Morgan fingerprint density at radius 1 is 1.15 bits per heavy atom. The van der Waals surface area contributed by atoms with Gasteiger partial charge in [0.25, 0.3) is 5.91 Å². The number of hydrogen-bond donors (Lipinski definition) is 1. The van der Waals surface area contributed by atoms with Gasteiger partial charge in [0.15, 0.2) is 0 Å². The lowest BCUT2D eigenvalue weighted by Gasteiger charge is -2.35. The molecule has 0 unspecified atom stereocenters. The fraction of sp³-hybridized carbons (Fsp3) is 0.500. The maximum atomic E-state index is 12.8. The summed E-state index contributed by atoms with van der Waals surface area (Å²) >= 11 is 0. The molecular formula is C20H27N3O3S. The topological polar surface area (TPSA) is 79.4 Å². The predicted octanol–water partition coefficient (Wildman–Crippen LogP) is 2.87. The van der Waals surface area contributed by atoms with Crippen molar-refractivity contribution in [3.63, 3.8) is 0 Å². The average molecular weight is 390 g/mol. The molecule has 1 aliphatic rings. The van der Waals surface area contributed by atoms with Gasteiger partial charge in [0, 0.05) is 30.2 Å². The number of aromatic nitrogens is 1. The highest BCUT2D eigenvalue weighted by atomic mass is 32.2. The summed E-state index contributed by atoms with van der Waals surface area (Å²) in [5.74, 6) is -0.157. The Morgan fingerprint density at radius 2 is 1.81 bits per heavy atom. The Morgan fingerprint density at radius 3 is 2.44 bits per heavy atom. The third-order valence-corrected chi connectivity index (χ3v) is 7.60. The molecule has 0 atom stereocenters. The van der Waals surface area contributed by atoms with Gasteiger partial charge in [-0.15, -0.1) is 0 Å². The van der Waals surface area contributed by atoms with E-state index in [1.807, 2.05) is 31.2 Å². The molecular weight excluding hydrogens is 362 g/mol. The summed E-state index contributed by atoms with van der Waals surface area (Å²) in [5, 5.41) is 3.99. The number of hydrogen-bond acceptors (Lipinski definition) is 4. The van der Waals surface area contributed by atoms with Crippen LogP contribution in [-0.2, 0) is 10.0 Å². The molecule has 27 heavy (non-hydrogen) atoms. The average Bonchev–Trinajstić information content (AvgIpc) is 2.60. The van der Waals surface area contributed by atoms with E-state index in [9.17, 15) is 13.2 Å². The molecule has 0 spiro atoms. The second-order valence-electron chi connectivity index (χ2n) is 8.09. The number of nitrogens with zero attached hydrogens (tertiary/aromatic N) is 2. The van der Waals surface area contributed by atoms with E-state index in [0.29, 0.717) is 37.0 Å². The summed E-state index contributed by atoms with van der Waals surface area (Å²) < 4.78 is 25.9. The van der Waals surface area contributed by atoms with Crippen LogP contribution < -0.4 is 5.32 Å². The van der Waals surface area contributed by atoms with Crippen LogP contribution in [0.5, 0.6) is 0 Å². The van der Waals surface area contributed by atoms with Gasteiger partial charge in [-0.25, -0.2) is 12.7 Å². The first-order chi connectivity index (χ1) is 12.6. The number of carbonyl (C=O) groups excluding carboxylic acids is 1. The van der Waals surface area contributed by atoms with Gasteiger partial charge in [0.2, 0.25) is 10.0 Å². The van der Waals surface area contributed by atoms with Crippen molar-refractivity contribution >= 4 is 26.8 Å². The third-order valence-electron chi connectivity index (χ3n) is 5.01. The zero-order valence-corrected chi connectivity index (χ0v) is 17.1. The second-order valence-corrected chi connectivity index (χ2v) is 10.8. The van der Waals surface area contributed by atoms with Crippen LogP contribution in [0.1, 0.15) is 49.7 Å². The van der Waals surface area contributed by atoms with Gasteiger partial charge in [-0.1, -0.05) is 18.2 Å². The fourth-order valence-corrected chi connectivity index (χ4v) is 4.78. The predicted molar refractivity (Wildman–Crippen MR) is 107 cm³/mol. The van der Waals surface area contributed by atoms with E-state index in [1.54, 1.807) is 31.1 Å². The first kappa shape index (κ1) is 19.8. The van der Waals surface area contributed by atoms with Crippen molar-refractivity contribution in [3.05, 3.63) is 41.6 Å². The van der Waals surface area contributed by atoms with Crippen molar-refractivity contribution in [1.82, 2.24) is 14.6 Å². The number of benzene rings is 1. The molecule has 0 bridgehead atoms. The van der Waals surface area contributed by atoms with Crippen LogP contribution in [0.2, 0.25) is 0 Å². The molecule has 0 aliphatic carbocycles. The molecule has 2 aromatic rings. The molecule has 7 heteroatoms. The van der Waals surface area contributed by atoms with Crippen molar-refractivity contribution in [1.29, 1.82) is 0 Å². The highest BCUT2D eigenvalue weighted by Crippen LogP contribution is 2.24. The highest BCUT2D eigenvalue weighted by Gasteiger charge is 2.37. The zero-order valence-electron chi connectivity index (χ0n) is 16.3. The fourth-order valence-electron chi connectivity index (χ4n) is 3.32. The van der Waals surface area contributed by atoms with E-state index < -0.39 is 14.8 Å². The summed E-state index contributed by atoms with van der Waals surface area (Å²) in [6, 6.07) is 9.42. The molecule has 6 nitrogen and oxygen atoms in total. The Hall–Kier alpha value is -1.99. The summed E-state index contributed by atoms with van der Waals surface area (Å²) in [7, 11) is -3.33. The van der Waals surface area contributed by atoms with Gasteiger partial charge < -0.3 is 5.32 Å². The van der Waals surface area contributed by atoms with Gasteiger partial charge in [0.1, 0.15) is 0 Å². The molecule has 1 aromatic heterocycles. The number of fused-ring (bicyclic) bond motifs is 1. The van der Waals surface area contributed by atoms with Crippen LogP contribution in [0.3, 0.4) is 0 Å². The molecule has 1 saturated heterocycles. The maximum Gasteiger partial charge on any atom is 0.253 e. The minimum absolute atomic E-state index is 0.0380. The van der Waals surface area contributed by atoms with Crippen molar-refractivity contribution < 1.29 is 13.2 Å². The molecule has 3 rings (SSSR count). The molecule has 1 N–H and O–H groups in total. The zero-order chi connectivity index (χ0) is 19.8. The smallest absolute Gasteiger partial charge is 0.253 e. The Bertz CT molecular complexity index is 956. The number of pyridine rings is 1. The van der Waals surface area contributed by atoms with E-state index in [1.165, 1.54) is 0 Å². The van der Waals surface area contributed by atoms with E-state index in [2.05, 4.69) is 10.3 Å². The number of para-hydroxylation sites is 1. The lowest BCUT2D eigenvalue weighted by molar-refractivity contribution is 0.0925. The molecule has 1 amide bonds. The van der Waals surface area contributed by atoms with Crippen LogP contribution in [0, 0.1) is 6.92 Å². The molecule has 0 saturated carbocycles. The highest BCUT2D eigenvalue weighted by molar-refractivity contribution is 7.90. The first-order valence-electron chi connectivity index (χ1n) is 9.26. The summed E-state index contributed by atoms with van der Waals surface area (Å²) in [6.45, 7) is 7.90. The lowest BCUT2D eigenvalue weighted by atomic mass is 10.0. The normalized spacial score (nSPS) is 17.2. The number of nitrogens with one attached hydrogen (secondary N) is 1. The third kappa shape index (κ3) is 3.99. The number of amides is 1. The summed E-state index contributed by atoms with van der Waals surface area (Å²) in [4.78, 5) is 17.3. The van der Waals surface area contributed by atoms with E-state index in [-0.39, 0.29) is 11.9 Å². The Kier molecular flexibility index (Phi) is 5.27. The largest absolute Gasteiger partial charge is 0.349 e. The van der Waals surface area contributed by atoms with Crippen LogP contribution in [0.4, 0.5) is 0 Å². The quantitative estimate of drug-likeness (QED) is 0.875. The molecule has 146 valence electrons. The van der Waals surface area contributed by atoms with Gasteiger partial charge in [-0.3, -0.25) is 9.78 Å². The summed E-state index contributed by atoms with van der Waals surface area (Å²) in [5.41, 5.74) is 2.12. The van der Waals surface area contributed by atoms with Crippen molar-refractivity contribution in [2.24, 2.45) is 0 Å². The maximum absolute atomic E-state index is 12.8. The number of carbonyl (C=O) groups is 1. The first-order valence-corrected chi connectivity index (χ1v) is 10.7. The molecule has 1 aliphatic heterocycles. The number of sulfonamides is 1. The standard InChI is InChI=1S/C20H27N3O3S/c1-14-8-9-15-6-5-7-17(18(15)21-14)19(24)22-16-10-12-23(13-11-16)27(25,26)20(2,3)4/h5-9,16H,10-13H2,1-4H3,(H,22,24). The Labute approximate surface area is 161 Å². The second kappa shape index (κ2) is 7.20. The van der Waals surface area contributed by atoms with Gasteiger partial charge in [0.05, 0.1) is 15.8 Å². The molecule has 1 aromatic carbocycles. The van der Waals surface area contributed by atoms with Crippen LogP contribution in [0.25, 0.3) is 10.9 Å². The van der Waals surface area contributed by atoms with Crippen LogP contribution in [-0.4, -0.2) is 47.5 Å². The number of rotatable bonds is 3. The van der Waals surface area contributed by atoms with Gasteiger partial charge >= 0.3 is 0 Å². The number of piperidine rings is 1. The van der Waals surface area contributed by atoms with Crippen molar-refractivity contribution in [3.8, 4) is 0 Å². The van der Waals surface area contributed by atoms with Crippen molar-refractivity contribution in [2.75, 3.05) is 13.1 Å². The number of aryl methyl sites for hydroxylation is 1.